The molecule has 1 N–H and O–H groups in total. The first kappa shape index (κ1) is 75.0. The maximum atomic E-state index is 13.5. The second-order valence-electron chi connectivity index (χ2n) is 23.6. The number of quaternary nitrogens is 1. The van der Waals surface area contributed by atoms with Crippen LogP contribution in [0.15, 0.2) is 48.6 Å². The summed E-state index contributed by atoms with van der Waals surface area (Å²) in [6.45, 7) is 6.83. The van der Waals surface area contributed by atoms with Gasteiger partial charge in [0, 0.05) is 12.8 Å². The van der Waals surface area contributed by atoms with Gasteiger partial charge in [-0.15, -0.1) is 0 Å². The molecule has 1 amide bonds. The van der Waals surface area contributed by atoms with Crippen LogP contribution in [0, 0.1) is 0 Å². The van der Waals surface area contributed by atoms with Crippen molar-refractivity contribution in [3.05, 3.63) is 48.6 Å². The minimum atomic E-state index is -4.71. The Morgan fingerprint density at radius 2 is 0.805 bits per heavy atom. The average molecular weight is 1100 g/mol. The third kappa shape index (κ3) is 58.4. The van der Waals surface area contributed by atoms with Crippen LogP contribution in [0.4, 0.5) is 0 Å². The van der Waals surface area contributed by atoms with E-state index in [1.807, 2.05) is 39.4 Å². The SMILES string of the molecule is CCCCCCCC/C=C\C/C=C/CCC(=O)OC(/C=C\CCCCCCCCCCCCC)C(COP(=O)([O-])OCC[N+](C)(C)C)NC(=O)CCCCCCCCCCCCCCCCC/C=C/CCCCCCCC. The van der Waals surface area contributed by atoms with Gasteiger partial charge in [-0.05, 0) is 76.7 Å². The largest absolute Gasteiger partial charge is 0.756 e. The number of phosphoric acid groups is 1. The summed E-state index contributed by atoms with van der Waals surface area (Å²) in [5, 5.41) is 3.02. The minimum absolute atomic E-state index is 0.0286. The first-order valence-electron chi connectivity index (χ1n) is 32.9. The summed E-state index contributed by atoms with van der Waals surface area (Å²) in [6.07, 6.45) is 71.1. The van der Waals surface area contributed by atoms with Gasteiger partial charge in [0.2, 0.25) is 5.91 Å². The third-order valence-corrected chi connectivity index (χ3v) is 15.7. The Hall–Kier alpha value is -2.03. The van der Waals surface area contributed by atoms with E-state index in [9.17, 15) is 19.0 Å². The number of nitrogens with one attached hydrogen (secondary N) is 1. The molecule has 0 aliphatic heterocycles. The van der Waals surface area contributed by atoms with Crippen molar-refractivity contribution in [1.29, 1.82) is 0 Å². The summed E-state index contributed by atoms with van der Waals surface area (Å²) in [5.74, 6) is -0.608. The zero-order valence-corrected chi connectivity index (χ0v) is 52.6. The van der Waals surface area contributed by atoms with Gasteiger partial charge in [-0.1, -0.05) is 275 Å². The topological polar surface area (TPSA) is 114 Å². The molecule has 3 unspecified atom stereocenters. The van der Waals surface area contributed by atoms with Crippen LogP contribution in [0.2, 0.25) is 0 Å². The van der Waals surface area contributed by atoms with E-state index in [-0.39, 0.29) is 18.9 Å². The van der Waals surface area contributed by atoms with Crippen molar-refractivity contribution in [2.24, 2.45) is 0 Å². The molecule has 452 valence electrons. The molecule has 0 saturated carbocycles. The summed E-state index contributed by atoms with van der Waals surface area (Å²) in [5.41, 5.74) is 0. The maximum Gasteiger partial charge on any atom is 0.306 e. The molecule has 0 aliphatic carbocycles. The van der Waals surface area contributed by atoms with Crippen LogP contribution in [0.25, 0.3) is 0 Å². The van der Waals surface area contributed by atoms with E-state index in [1.54, 1.807) is 0 Å². The zero-order valence-electron chi connectivity index (χ0n) is 51.7. The average Bonchev–Trinajstić information content (AvgIpc) is 3.39. The highest BCUT2D eigenvalue weighted by Crippen LogP contribution is 2.38. The van der Waals surface area contributed by atoms with Gasteiger partial charge in [-0.3, -0.25) is 14.2 Å². The number of nitrogens with zero attached hydrogens (tertiary/aromatic N) is 1. The smallest absolute Gasteiger partial charge is 0.306 e. The summed E-state index contributed by atoms with van der Waals surface area (Å²) in [4.78, 5) is 40.0. The number of amides is 1. The zero-order chi connectivity index (χ0) is 56.4. The van der Waals surface area contributed by atoms with Crippen LogP contribution in [0.5, 0.6) is 0 Å². The molecule has 0 fully saturated rings. The van der Waals surface area contributed by atoms with E-state index in [0.717, 1.165) is 51.4 Å². The molecular weight excluding hydrogens is 976 g/mol. The number of ether oxygens (including phenoxy) is 1. The fraction of sp³-hybridized carbons (Fsp3) is 0.851. The highest BCUT2D eigenvalue weighted by Gasteiger charge is 2.27. The monoisotopic (exact) mass is 1100 g/mol. The van der Waals surface area contributed by atoms with Crippen molar-refractivity contribution in [2.45, 2.75) is 328 Å². The molecule has 77 heavy (non-hydrogen) atoms. The van der Waals surface area contributed by atoms with Crippen LogP contribution < -0.4 is 10.2 Å². The summed E-state index contributed by atoms with van der Waals surface area (Å²) < 4.78 is 30.3. The molecule has 0 aromatic rings. The molecule has 0 aromatic carbocycles. The Labute approximate surface area is 478 Å². The first-order valence-corrected chi connectivity index (χ1v) is 34.4. The molecule has 0 aliphatic rings. The Kier molecular flexibility index (Phi) is 55.7. The van der Waals surface area contributed by atoms with Gasteiger partial charge in [0.1, 0.15) is 19.3 Å². The molecule has 0 aromatic heterocycles. The molecule has 0 bridgehead atoms. The molecule has 10 heteroatoms. The van der Waals surface area contributed by atoms with Crippen LogP contribution in [0.3, 0.4) is 0 Å². The predicted octanol–water partition coefficient (Wildman–Crippen LogP) is 19.8. The van der Waals surface area contributed by atoms with Crippen molar-refractivity contribution in [3.63, 3.8) is 0 Å². The van der Waals surface area contributed by atoms with Gasteiger partial charge < -0.3 is 28.5 Å². The summed E-state index contributed by atoms with van der Waals surface area (Å²) in [7, 11) is 1.17. The predicted molar refractivity (Wildman–Crippen MR) is 330 cm³/mol. The van der Waals surface area contributed by atoms with Crippen molar-refractivity contribution in [3.8, 4) is 0 Å². The van der Waals surface area contributed by atoms with Gasteiger partial charge in [-0.2, -0.15) is 0 Å². The van der Waals surface area contributed by atoms with Crippen molar-refractivity contribution >= 4 is 19.7 Å². The number of allylic oxidation sites excluding steroid dienone is 7. The lowest BCUT2D eigenvalue weighted by molar-refractivity contribution is -0.870. The minimum Gasteiger partial charge on any atom is -0.756 e. The third-order valence-electron chi connectivity index (χ3n) is 14.7. The lowest BCUT2D eigenvalue weighted by Crippen LogP contribution is -2.47. The lowest BCUT2D eigenvalue weighted by atomic mass is 10.0. The van der Waals surface area contributed by atoms with E-state index in [1.165, 1.54) is 225 Å². The molecule has 0 saturated heterocycles. The van der Waals surface area contributed by atoms with Crippen molar-refractivity contribution < 1.29 is 37.3 Å². The van der Waals surface area contributed by atoms with Gasteiger partial charge in [0.15, 0.2) is 0 Å². The molecule has 0 radical (unpaired) electrons. The second-order valence-corrected chi connectivity index (χ2v) is 25.0. The number of carbonyl (C=O) groups is 2. The van der Waals surface area contributed by atoms with Crippen LogP contribution >= 0.6 is 7.82 Å². The Bertz CT molecular complexity index is 1460. The Morgan fingerprint density at radius 3 is 1.21 bits per heavy atom. The number of esters is 1. The summed E-state index contributed by atoms with van der Waals surface area (Å²) >= 11 is 0. The number of hydrogen-bond acceptors (Lipinski definition) is 7. The highest BCUT2D eigenvalue weighted by atomic mass is 31.2. The molecule has 0 heterocycles. The normalized spacial score (nSPS) is 13.9. The first-order chi connectivity index (χ1) is 37.4. The quantitative estimate of drug-likeness (QED) is 0.0212. The molecule has 3 atom stereocenters. The fourth-order valence-corrected chi connectivity index (χ4v) is 10.4. The number of phosphoric ester groups is 1. The highest BCUT2D eigenvalue weighted by molar-refractivity contribution is 7.45. The molecule has 0 spiro atoms. The van der Waals surface area contributed by atoms with Crippen LogP contribution in [-0.4, -0.2) is 69.4 Å². The van der Waals surface area contributed by atoms with Gasteiger partial charge in [0.05, 0.1) is 33.8 Å². The van der Waals surface area contributed by atoms with Crippen molar-refractivity contribution in [1.82, 2.24) is 5.32 Å². The van der Waals surface area contributed by atoms with E-state index in [4.69, 9.17) is 13.8 Å². The van der Waals surface area contributed by atoms with Gasteiger partial charge in [-0.25, -0.2) is 0 Å². The molecule has 9 nitrogen and oxygen atoms in total. The lowest BCUT2D eigenvalue weighted by Gasteiger charge is -2.30. The van der Waals surface area contributed by atoms with Gasteiger partial charge >= 0.3 is 5.97 Å². The number of rotatable bonds is 60. The summed E-state index contributed by atoms with van der Waals surface area (Å²) in [6, 6.07) is -0.909. The Morgan fingerprint density at radius 1 is 0.455 bits per heavy atom. The standard InChI is InChI=1S/C67H127N2O7P/c1-7-10-13-16-19-22-25-28-29-30-31-32-33-34-35-36-37-38-39-42-44-47-50-53-56-59-66(70)68-64(63-75-77(72,73)74-62-61-69(4,5)6)65(58-55-52-49-46-43-40-26-23-20-17-14-11-8-2)76-67(71)60-57-54-51-48-45-41-27-24-21-18-15-12-9-3/h28-29,41,45,51,54-55,58,64-65H,7-27,30-40,42-44,46-50,52-53,56-57,59-63H2,1-6H3,(H-,68,70,72,73)/b29-28+,45-41-,54-51+,58-55-. The van der Waals surface area contributed by atoms with E-state index < -0.39 is 32.5 Å². The number of hydrogen-bond donors (Lipinski definition) is 1. The van der Waals surface area contributed by atoms with Crippen molar-refractivity contribution in [2.75, 3.05) is 40.9 Å². The van der Waals surface area contributed by atoms with Gasteiger partial charge in [0.25, 0.3) is 7.82 Å². The van der Waals surface area contributed by atoms with Crippen LogP contribution in [-0.2, 0) is 27.9 Å². The number of unbranched alkanes of at least 4 members (excludes halogenated alkanes) is 38. The number of carbonyl (C=O) groups excluding carboxylic acids is 2. The van der Waals surface area contributed by atoms with E-state index >= 15 is 0 Å². The Balaban J connectivity index is 5.11. The maximum absolute atomic E-state index is 13.5. The van der Waals surface area contributed by atoms with Crippen LogP contribution in [0.1, 0.15) is 316 Å². The second kappa shape index (κ2) is 57.2. The van der Waals surface area contributed by atoms with E-state index in [0.29, 0.717) is 23.9 Å². The fourth-order valence-electron chi connectivity index (χ4n) is 9.63. The molecular formula is C67H127N2O7P. The number of likely N-dealkylation sites (N-methyl/N-ethyl adjacent to an activating group) is 1. The molecule has 0 rings (SSSR count). The van der Waals surface area contributed by atoms with E-state index in [2.05, 4.69) is 56.5 Å².